The zero-order valence-electron chi connectivity index (χ0n) is 15.4. The molecular formula is C19H31NO3. The molecule has 1 aromatic rings. The van der Waals surface area contributed by atoms with Crippen LogP contribution in [0, 0.1) is 13.8 Å². The lowest BCUT2D eigenvalue weighted by atomic mass is 9.98. The molecule has 1 amide bonds. The minimum absolute atomic E-state index is 0.0873. The van der Waals surface area contributed by atoms with Crippen molar-refractivity contribution in [2.24, 2.45) is 0 Å². The molecule has 0 unspecified atom stereocenters. The third-order valence-electron chi connectivity index (χ3n) is 3.84. The Hall–Kier alpha value is -1.55. The van der Waals surface area contributed by atoms with Gasteiger partial charge in [0.1, 0.15) is 11.4 Å². The molecule has 0 spiro atoms. The van der Waals surface area contributed by atoms with Crippen LogP contribution in [0.1, 0.15) is 58.1 Å². The van der Waals surface area contributed by atoms with Crippen LogP contribution in [0.2, 0.25) is 0 Å². The summed E-state index contributed by atoms with van der Waals surface area (Å²) < 4.78 is 11.5. The first-order chi connectivity index (χ1) is 10.9. The Morgan fingerprint density at radius 1 is 1.13 bits per heavy atom. The summed E-state index contributed by atoms with van der Waals surface area (Å²) in [6.45, 7) is 13.2. The van der Waals surface area contributed by atoms with Gasteiger partial charge in [-0.25, -0.2) is 0 Å². The predicted octanol–water partition coefficient (Wildman–Crippen LogP) is 4.63. The Kier molecular flexibility index (Phi) is 7.56. The van der Waals surface area contributed by atoms with Gasteiger partial charge >= 0.3 is 0 Å². The van der Waals surface area contributed by atoms with Crippen LogP contribution < -0.4 is 10.1 Å². The number of aryl methyl sites for hydroxylation is 2. The van der Waals surface area contributed by atoms with Crippen LogP contribution in [-0.2, 0) is 9.53 Å². The van der Waals surface area contributed by atoms with Crippen LogP contribution in [-0.4, -0.2) is 24.7 Å². The fourth-order valence-corrected chi connectivity index (χ4v) is 2.71. The minimum atomic E-state index is -0.787. The van der Waals surface area contributed by atoms with E-state index in [2.05, 4.69) is 12.2 Å². The van der Waals surface area contributed by atoms with Gasteiger partial charge in [-0.15, -0.1) is 0 Å². The summed E-state index contributed by atoms with van der Waals surface area (Å²) in [6, 6.07) is 3.89. The standard InChI is InChI=1S/C19H31NO3/c1-7-10-19(6,23-11-8-2)18(21)20-16-12-14(4)17(22-9-3)15(5)13-16/h12-13H,7-11H2,1-6H3,(H,20,21)/t19-/m1/s1. The number of nitrogens with one attached hydrogen (secondary N) is 1. The van der Waals surface area contributed by atoms with E-state index < -0.39 is 5.60 Å². The monoisotopic (exact) mass is 321 g/mol. The van der Waals surface area contributed by atoms with Crippen molar-refractivity contribution < 1.29 is 14.3 Å². The first kappa shape index (κ1) is 19.5. The molecule has 1 atom stereocenters. The normalized spacial score (nSPS) is 13.5. The van der Waals surface area contributed by atoms with E-state index in [-0.39, 0.29) is 5.91 Å². The molecule has 0 aliphatic rings. The van der Waals surface area contributed by atoms with Crippen LogP contribution in [0.25, 0.3) is 0 Å². The van der Waals surface area contributed by atoms with E-state index in [1.54, 1.807) is 0 Å². The molecule has 4 nitrogen and oxygen atoms in total. The molecule has 0 aliphatic carbocycles. The number of hydrogen-bond donors (Lipinski definition) is 1. The van der Waals surface area contributed by atoms with Gasteiger partial charge in [0.05, 0.1) is 6.61 Å². The van der Waals surface area contributed by atoms with E-state index in [1.165, 1.54) is 0 Å². The van der Waals surface area contributed by atoms with Gasteiger partial charge in [0, 0.05) is 12.3 Å². The van der Waals surface area contributed by atoms with Crippen molar-refractivity contribution in [1.29, 1.82) is 0 Å². The molecule has 4 heteroatoms. The molecule has 1 N–H and O–H groups in total. The van der Waals surface area contributed by atoms with Crippen LogP contribution in [0.3, 0.4) is 0 Å². The second-order valence-electron chi connectivity index (χ2n) is 6.16. The van der Waals surface area contributed by atoms with Crippen molar-refractivity contribution in [2.75, 3.05) is 18.5 Å². The molecule has 0 saturated carbocycles. The summed E-state index contributed by atoms with van der Waals surface area (Å²) >= 11 is 0. The van der Waals surface area contributed by atoms with Gasteiger partial charge in [-0.2, -0.15) is 0 Å². The zero-order valence-corrected chi connectivity index (χ0v) is 15.4. The van der Waals surface area contributed by atoms with Crippen molar-refractivity contribution in [3.63, 3.8) is 0 Å². The summed E-state index contributed by atoms with van der Waals surface area (Å²) in [4.78, 5) is 12.7. The Morgan fingerprint density at radius 3 is 2.22 bits per heavy atom. The average Bonchev–Trinajstić information content (AvgIpc) is 2.49. The summed E-state index contributed by atoms with van der Waals surface area (Å²) in [5.74, 6) is 0.805. The van der Waals surface area contributed by atoms with Crippen LogP contribution >= 0.6 is 0 Å². The molecule has 1 aromatic carbocycles. The molecule has 0 saturated heterocycles. The van der Waals surface area contributed by atoms with Crippen molar-refractivity contribution in [1.82, 2.24) is 0 Å². The number of ether oxygens (including phenoxy) is 2. The Labute approximate surface area is 140 Å². The second-order valence-corrected chi connectivity index (χ2v) is 6.16. The first-order valence-electron chi connectivity index (χ1n) is 8.57. The summed E-state index contributed by atoms with van der Waals surface area (Å²) in [5.41, 5.74) is 2.05. The van der Waals surface area contributed by atoms with Crippen LogP contribution in [0.15, 0.2) is 12.1 Å². The number of rotatable bonds is 9. The minimum Gasteiger partial charge on any atom is -0.493 e. The van der Waals surface area contributed by atoms with E-state index in [4.69, 9.17) is 9.47 Å². The number of benzene rings is 1. The van der Waals surface area contributed by atoms with Crippen LogP contribution in [0.4, 0.5) is 5.69 Å². The fraction of sp³-hybridized carbons (Fsp3) is 0.632. The van der Waals surface area contributed by atoms with E-state index in [9.17, 15) is 4.79 Å². The van der Waals surface area contributed by atoms with Gasteiger partial charge < -0.3 is 14.8 Å². The summed E-state index contributed by atoms with van der Waals surface area (Å²) in [7, 11) is 0. The number of hydrogen-bond acceptors (Lipinski definition) is 3. The molecule has 0 heterocycles. The summed E-state index contributed by atoms with van der Waals surface area (Å²) in [6.07, 6.45) is 2.50. The molecule has 0 aliphatic heterocycles. The number of carbonyl (C=O) groups excluding carboxylic acids is 1. The van der Waals surface area contributed by atoms with Gasteiger partial charge in [0.25, 0.3) is 5.91 Å². The zero-order chi connectivity index (χ0) is 17.5. The van der Waals surface area contributed by atoms with E-state index >= 15 is 0 Å². The number of anilines is 1. The topological polar surface area (TPSA) is 47.6 Å². The molecule has 0 bridgehead atoms. The molecule has 23 heavy (non-hydrogen) atoms. The van der Waals surface area contributed by atoms with Gasteiger partial charge in [0.15, 0.2) is 0 Å². The lowest BCUT2D eigenvalue weighted by Crippen LogP contribution is -2.43. The highest BCUT2D eigenvalue weighted by molar-refractivity contribution is 5.97. The molecule has 130 valence electrons. The SMILES string of the molecule is CCCO[C@](C)(CCC)C(=O)Nc1cc(C)c(OCC)c(C)c1. The highest BCUT2D eigenvalue weighted by Gasteiger charge is 2.33. The highest BCUT2D eigenvalue weighted by atomic mass is 16.5. The molecule has 0 radical (unpaired) electrons. The maximum Gasteiger partial charge on any atom is 0.256 e. The van der Waals surface area contributed by atoms with Crippen molar-refractivity contribution in [2.45, 2.75) is 66.4 Å². The maximum atomic E-state index is 12.7. The van der Waals surface area contributed by atoms with Crippen molar-refractivity contribution in [3.8, 4) is 5.75 Å². The molecule has 1 rings (SSSR count). The lowest BCUT2D eigenvalue weighted by Gasteiger charge is -2.28. The second kappa shape index (κ2) is 8.92. The molecule has 0 aromatic heterocycles. The van der Waals surface area contributed by atoms with E-state index in [0.717, 1.165) is 35.4 Å². The number of amides is 1. The quantitative estimate of drug-likeness (QED) is 0.721. The van der Waals surface area contributed by atoms with Gasteiger partial charge in [-0.1, -0.05) is 20.3 Å². The predicted molar refractivity (Wildman–Crippen MR) is 95.3 cm³/mol. The lowest BCUT2D eigenvalue weighted by molar-refractivity contribution is -0.140. The van der Waals surface area contributed by atoms with Crippen molar-refractivity contribution in [3.05, 3.63) is 23.3 Å². The Bertz CT molecular complexity index is 504. The Morgan fingerprint density at radius 2 is 1.74 bits per heavy atom. The molecule has 0 fully saturated rings. The van der Waals surface area contributed by atoms with E-state index in [1.807, 2.05) is 46.8 Å². The number of carbonyl (C=O) groups is 1. The van der Waals surface area contributed by atoms with Crippen LogP contribution in [0.5, 0.6) is 5.75 Å². The van der Waals surface area contributed by atoms with Gasteiger partial charge in [0.2, 0.25) is 0 Å². The largest absolute Gasteiger partial charge is 0.493 e. The third kappa shape index (κ3) is 5.24. The van der Waals surface area contributed by atoms with Crippen molar-refractivity contribution >= 4 is 11.6 Å². The highest BCUT2D eigenvalue weighted by Crippen LogP contribution is 2.28. The first-order valence-corrected chi connectivity index (χ1v) is 8.57. The fourth-order valence-electron chi connectivity index (χ4n) is 2.71. The Balaban J connectivity index is 2.94. The van der Waals surface area contributed by atoms with Gasteiger partial charge in [-0.05, 0) is 63.8 Å². The third-order valence-corrected chi connectivity index (χ3v) is 3.84. The maximum absolute atomic E-state index is 12.7. The van der Waals surface area contributed by atoms with E-state index in [0.29, 0.717) is 19.6 Å². The molecular weight excluding hydrogens is 290 g/mol. The summed E-state index contributed by atoms with van der Waals surface area (Å²) in [5, 5.41) is 3.01. The smallest absolute Gasteiger partial charge is 0.256 e. The average molecular weight is 321 g/mol. The van der Waals surface area contributed by atoms with Gasteiger partial charge in [-0.3, -0.25) is 4.79 Å².